The standard InChI is InChI=1S/C14H19F3N2O2/c1-2-7-18-8-9-19-13(20)11-3-5-12(6-4-11)21-10-14(15,16)17/h3-6,18H,2,7-10H2,1H3,(H,19,20). The van der Waals surface area contributed by atoms with E-state index in [0.717, 1.165) is 13.0 Å². The van der Waals surface area contributed by atoms with Crippen molar-refractivity contribution in [2.75, 3.05) is 26.2 Å². The molecule has 0 atom stereocenters. The summed E-state index contributed by atoms with van der Waals surface area (Å²) < 4.78 is 40.5. The quantitative estimate of drug-likeness (QED) is 0.725. The summed E-state index contributed by atoms with van der Waals surface area (Å²) in [6.45, 7) is 2.76. The van der Waals surface area contributed by atoms with Gasteiger partial charge in [0.15, 0.2) is 6.61 Å². The van der Waals surface area contributed by atoms with Crippen molar-refractivity contribution >= 4 is 5.91 Å². The van der Waals surface area contributed by atoms with Crippen molar-refractivity contribution < 1.29 is 22.7 Å². The number of hydrogen-bond acceptors (Lipinski definition) is 3. The fourth-order valence-electron chi connectivity index (χ4n) is 1.54. The Bertz CT molecular complexity index is 433. The Hall–Kier alpha value is -1.76. The average molecular weight is 304 g/mol. The minimum absolute atomic E-state index is 0.0773. The Kier molecular flexibility index (Phi) is 7.01. The molecule has 0 radical (unpaired) electrons. The predicted octanol–water partition coefficient (Wildman–Crippen LogP) is 2.36. The summed E-state index contributed by atoms with van der Waals surface area (Å²) in [6.07, 6.45) is -3.35. The molecule has 118 valence electrons. The van der Waals surface area contributed by atoms with E-state index < -0.39 is 12.8 Å². The van der Waals surface area contributed by atoms with E-state index in [1.54, 1.807) is 0 Å². The Morgan fingerprint density at radius 3 is 2.38 bits per heavy atom. The molecule has 1 aromatic carbocycles. The van der Waals surface area contributed by atoms with Crippen LogP contribution < -0.4 is 15.4 Å². The molecule has 1 rings (SSSR count). The largest absolute Gasteiger partial charge is 0.484 e. The zero-order chi connectivity index (χ0) is 15.7. The molecule has 1 amide bonds. The highest BCUT2D eigenvalue weighted by molar-refractivity contribution is 5.94. The molecule has 0 fully saturated rings. The minimum Gasteiger partial charge on any atom is -0.484 e. The van der Waals surface area contributed by atoms with Crippen LogP contribution in [0.5, 0.6) is 5.75 Å². The molecule has 0 spiro atoms. The van der Waals surface area contributed by atoms with Crippen molar-refractivity contribution in [3.05, 3.63) is 29.8 Å². The first-order valence-electron chi connectivity index (χ1n) is 6.71. The van der Waals surface area contributed by atoms with Gasteiger partial charge in [-0.1, -0.05) is 6.92 Å². The molecule has 0 aliphatic rings. The van der Waals surface area contributed by atoms with Crippen molar-refractivity contribution in [3.8, 4) is 5.75 Å². The molecule has 1 aromatic rings. The minimum atomic E-state index is -4.37. The van der Waals surface area contributed by atoms with E-state index >= 15 is 0 Å². The maximum atomic E-state index is 12.0. The van der Waals surface area contributed by atoms with Crippen LogP contribution in [0.25, 0.3) is 0 Å². The van der Waals surface area contributed by atoms with Crippen molar-refractivity contribution in [3.63, 3.8) is 0 Å². The van der Waals surface area contributed by atoms with E-state index in [1.807, 2.05) is 6.92 Å². The summed E-state index contributed by atoms with van der Waals surface area (Å²) in [6, 6.07) is 5.55. The van der Waals surface area contributed by atoms with Gasteiger partial charge in [0, 0.05) is 18.7 Å². The third kappa shape index (κ3) is 7.55. The van der Waals surface area contributed by atoms with Crippen LogP contribution in [0.15, 0.2) is 24.3 Å². The van der Waals surface area contributed by atoms with E-state index in [1.165, 1.54) is 24.3 Å². The molecule has 0 heterocycles. The fraction of sp³-hybridized carbons (Fsp3) is 0.500. The molecule has 0 aliphatic carbocycles. The molecule has 0 saturated carbocycles. The van der Waals surface area contributed by atoms with Crippen LogP contribution in [0.4, 0.5) is 13.2 Å². The molecule has 21 heavy (non-hydrogen) atoms. The van der Waals surface area contributed by atoms with Gasteiger partial charge in [0.2, 0.25) is 0 Å². The van der Waals surface area contributed by atoms with E-state index in [4.69, 9.17) is 0 Å². The normalized spacial score (nSPS) is 11.2. The van der Waals surface area contributed by atoms with Gasteiger partial charge in [0.25, 0.3) is 5.91 Å². The number of hydrogen-bond donors (Lipinski definition) is 2. The molecular weight excluding hydrogens is 285 g/mol. The van der Waals surface area contributed by atoms with Crippen molar-refractivity contribution in [2.24, 2.45) is 0 Å². The maximum absolute atomic E-state index is 12.0. The second-order valence-electron chi connectivity index (χ2n) is 4.43. The summed E-state index contributed by atoms with van der Waals surface area (Å²) >= 11 is 0. The number of nitrogens with one attached hydrogen (secondary N) is 2. The Labute approximate surface area is 121 Å². The van der Waals surface area contributed by atoms with Crippen LogP contribution in [0.3, 0.4) is 0 Å². The molecule has 0 aliphatic heterocycles. The molecule has 0 bridgehead atoms. The van der Waals surface area contributed by atoms with E-state index in [2.05, 4.69) is 15.4 Å². The van der Waals surface area contributed by atoms with E-state index in [9.17, 15) is 18.0 Å². The topological polar surface area (TPSA) is 50.4 Å². The molecule has 7 heteroatoms. The first-order valence-corrected chi connectivity index (χ1v) is 6.71. The number of amides is 1. The lowest BCUT2D eigenvalue weighted by molar-refractivity contribution is -0.153. The third-order valence-corrected chi connectivity index (χ3v) is 2.53. The Morgan fingerprint density at radius 2 is 1.81 bits per heavy atom. The lowest BCUT2D eigenvalue weighted by Crippen LogP contribution is -2.32. The second-order valence-corrected chi connectivity index (χ2v) is 4.43. The zero-order valence-electron chi connectivity index (χ0n) is 11.8. The van der Waals surface area contributed by atoms with Gasteiger partial charge >= 0.3 is 6.18 Å². The van der Waals surface area contributed by atoms with E-state index in [-0.39, 0.29) is 11.7 Å². The van der Waals surface area contributed by atoms with Gasteiger partial charge in [-0.05, 0) is 37.2 Å². The Balaban J connectivity index is 2.37. The smallest absolute Gasteiger partial charge is 0.422 e. The van der Waals surface area contributed by atoms with Gasteiger partial charge in [0.1, 0.15) is 5.75 Å². The van der Waals surface area contributed by atoms with Crippen LogP contribution in [0.2, 0.25) is 0 Å². The number of rotatable bonds is 8. The van der Waals surface area contributed by atoms with Gasteiger partial charge in [-0.25, -0.2) is 0 Å². The summed E-state index contributed by atoms with van der Waals surface area (Å²) in [5.41, 5.74) is 0.379. The lowest BCUT2D eigenvalue weighted by Gasteiger charge is -2.10. The molecule has 0 unspecified atom stereocenters. The highest BCUT2D eigenvalue weighted by Crippen LogP contribution is 2.18. The van der Waals surface area contributed by atoms with Gasteiger partial charge < -0.3 is 15.4 Å². The van der Waals surface area contributed by atoms with Crippen LogP contribution in [-0.2, 0) is 0 Å². The summed E-state index contributed by atoms with van der Waals surface area (Å²) in [5.74, 6) is -0.191. The van der Waals surface area contributed by atoms with Crippen molar-refractivity contribution in [2.45, 2.75) is 19.5 Å². The number of alkyl halides is 3. The maximum Gasteiger partial charge on any atom is 0.422 e. The number of ether oxygens (including phenoxy) is 1. The molecule has 0 aromatic heterocycles. The van der Waals surface area contributed by atoms with Crippen LogP contribution in [0.1, 0.15) is 23.7 Å². The first-order chi connectivity index (χ1) is 9.92. The molecule has 4 nitrogen and oxygen atoms in total. The van der Waals surface area contributed by atoms with Crippen molar-refractivity contribution in [1.82, 2.24) is 10.6 Å². The fourth-order valence-corrected chi connectivity index (χ4v) is 1.54. The molecule has 2 N–H and O–H groups in total. The number of carbonyl (C=O) groups excluding carboxylic acids is 1. The van der Waals surface area contributed by atoms with E-state index in [0.29, 0.717) is 18.7 Å². The van der Waals surface area contributed by atoms with Gasteiger partial charge in [-0.2, -0.15) is 13.2 Å². The molecule has 0 saturated heterocycles. The number of carbonyl (C=O) groups is 1. The highest BCUT2D eigenvalue weighted by atomic mass is 19.4. The van der Waals surface area contributed by atoms with Gasteiger partial charge in [0.05, 0.1) is 0 Å². The number of halogens is 3. The average Bonchev–Trinajstić information content (AvgIpc) is 2.44. The zero-order valence-corrected chi connectivity index (χ0v) is 11.8. The number of benzene rings is 1. The third-order valence-electron chi connectivity index (χ3n) is 2.53. The van der Waals surface area contributed by atoms with Gasteiger partial charge in [-0.15, -0.1) is 0 Å². The summed E-state index contributed by atoms with van der Waals surface area (Å²) in [5, 5.41) is 5.85. The van der Waals surface area contributed by atoms with Crippen molar-refractivity contribution in [1.29, 1.82) is 0 Å². The Morgan fingerprint density at radius 1 is 1.14 bits per heavy atom. The summed E-state index contributed by atoms with van der Waals surface area (Å²) in [4.78, 5) is 11.7. The summed E-state index contributed by atoms with van der Waals surface area (Å²) in [7, 11) is 0. The predicted molar refractivity (Wildman–Crippen MR) is 73.5 cm³/mol. The lowest BCUT2D eigenvalue weighted by atomic mass is 10.2. The van der Waals surface area contributed by atoms with Crippen LogP contribution >= 0.6 is 0 Å². The van der Waals surface area contributed by atoms with Gasteiger partial charge in [-0.3, -0.25) is 4.79 Å². The van der Waals surface area contributed by atoms with Crippen LogP contribution in [-0.4, -0.2) is 38.3 Å². The highest BCUT2D eigenvalue weighted by Gasteiger charge is 2.28. The first kappa shape index (κ1) is 17.3. The van der Waals surface area contributed by atoms with Crippen LogP contribution in [0, 0.1) is 0 Å². The molecular formula is C14H19F3N2O2. The monoisotopic (exact) mass is 304 g/mol. The second kappa shape index (κ2) is 8.51. The SMILES string of the molecule is CCCNCCNC(=O)c1ccc(OCC(F)(F)F)cc1.